The van der Waals surface area contributed by atoms with E-state index >= 15 is 0 Å². The number of hydrogen-bond acceptors (Lipinski definition) is 5. The molecule has 0 N–H and O–H groups in total. The molecule has 1 aromatic rings. The van der Waals surface area contributed by atoms with Crippen molar-refractivity contribution in [3.63, 3.8) is 0 Å². The van der Waals surface area contributed by atoms with Gasteiger partial charge in [-0.05, 0) is 54.1 Å². The van der Waals surface area contributed by atoms with E-state index in [2.05, 4.69) is 48.0 Å². The topological polar surface area (TPSA) is 46.2 Å². The van der Waals surface area contributed by atoms with Gasteiger partial charge in [-0.3, -0.25) is 0 Å². The first kappa shape index (κ1) is 21.9. The summed E-state index contributed by atoms with van der Waals surface area (Å²) in [4.78, 5) is 1.92. The summed E-state index contributed by atoms with van der Waals surface area (Å²) in [6, 6.07) is 3.93. The first-order chi connectivity index (χ1) is 15.0. The van der Waals surface area contributed by atoms with Crippen molar-refractivity contribution in [3.05, 3.63) is 63.6 Å². The Balaban J connectivity index is 1.60. The van der Waals surface area contributed by atoms with E-state index in [1.165, 1.54) is 11.1 Å². The molecule has 3 heterocycles. The Morgan fingerprint density at radius 3 is 2.58 bits per heavy atom. The van der Waals surface area contributed by atoms with Gasteiger partial charge in [0.15, 0.2) is 11.5 Å². The third kappa shape index (κ3) is 4.10. The second-order valence-electron chi connectivity index (χ2n) is 8.17. The third-order valence-electron chi connectivity index (χ3n) is 6.36. The molecule has 0 fully saturated rings. The highest BCUT2D eigenvalue weighted by atomic mass is 79.9. The number of halogens is 1. The number of methoxy groups -OCH3 is 2. The summed E-state index contributed by atoms with van der Waals surface area (Å²) in [7, 11) is 3.29. The summed E-state index contributed by atoms with van der Waals surface area (Å²) < 4.78 is 29.4. The van der Waals surface area contributed by atoms with Gasteiger partial charge in [0.1, 0.15) is 30.3 Å². The molecule has 3 aliphatic heterocycles. The predicted octanol–water partition coefficient (Wildman–Crippen LogP) is 6.02. The summed E-state index contributed by atoms with van der Waals surface area (Å²) in [6.07, 6.45) is 7.27. The molecule has 4 atom stereocenters. The average Bonchev–Trinajstić information content (AvgIpc) is 3.25. The van der Waals surface area contributed by atoms with Crippen LogP contribution in [0.3, 0.4) is 0 Å². The molecule has 0 spiro atoms. The van der Waals surface area contributed by atoms with Crippen LogP contribution in [0.2, 0.25) is 0 Å². The van der Waals surface area contributed by atoms with Crippen LogP contribution in [0, 0.1) is 5.92 Å². The van der Waals surface area contributed by atoms with Gasteiger partial charge in [0.05, 0.1) is 20.0 Å². The minimum atomic E-state index is -0.0317. The molecule has 0 amide bonds. The maximum Gasteiger partial charge on any atom is 0.164 e. The highest BCUT2D eigenvalue weighted by Gasteiger charge is 2.42. The molecule has 5 nitrogen and oxygen atoms in total. The second kappa shape index (κ2) is 9.03. The van der Waals surface area contributed by atoms with Gasteiger partial charge in [-0.2, -0.15) is 0 Å². The zero-order chi connectivity index (χ0) is 22.1. The van der Waals surface area contributed by atoms with E-state index in [1.807, 2.05) is 24.0 Å². The summed E-state index contributed by atoms with van der Waals surface area (Å²) in [5.74, 6) is 4.44. The van der Waals surface area contributed by atoms with Crippen LogP contribution < -0.4 is 14.2 Å². The Morgan fingerprint density at radius 1 is 1.13 bits per heavy atom. The Bertz CT molecular complexity index is 974. The van der Waals surface area contributed by atoms with Gasteiger partial charge in [-0.25, -0.2) is 0 Å². The lowest BCUT2D eigenvalue weighted by atomic mass is 9.75. The summed E-state index contributed by atoms with van der Waals surface area (Å²) in [6.45, 7) is 6.86. The van der Waals surface area contributed by atoms with Gasteiger partial charge in [0.25, 0.3) is 0 Å². The van der Waals surface area contributed by atoms with Crippen LogP contribution >= 0.6 is 15.9 Å². The van der Waals surface area contributed by atoms with Crippen molar-refractivity contribution >= 4 is 15.9 Å². The zero-order valence-corrected chi connectivity index (χ0v) is 20.2. The zero-order valence-electron chi connectivity index (χ0n) is 18.6. The Hall–Kier alpha value is -2.34. The molecule has 2 unspecified atom stereocenters. The lowest BCUT2D eigenvalue weighted by Gasteiger charge is -2.42. The lowest BCUT2D eigenvalue weighted by Crippen LogP contribution is -2.40. The van der Waals surface area contributed by atoms with E-state index in [0.29, 0.717) is 18.1 Å². The molecule has 0 aromatic heterocycles. The van der Waals surface area contributed by atoms with Crippen molar-refractivity contribution in [1.29, 1.82) is 0 Å². The number of fused-ring (bicyclic) bond motifs is 3. The van der Waals surface area contributed by atoms with E-state index in [9.17, 15) is 0 Å². The summed E-state index contributed by atoms with van der Waals surface area (Å²) in [5.41, 5.74) is 3.44. The van der Waals surface area contributed by atoms with Crippen molar-refractivity contribution in [2.45, 2.75) is 45.3 Å². The molecule has 0 bridgehead atoms. The van der Waals surface area contributed by atoms with E-state index in [4.69, 9.17) is 23.7 Å². The second-order valence-corrected chi connectivity index (χ2v) is 8.63. The van der Waals surface area contributed by atoms with Crippen molar-refractivity contribution in [1.82, 2.24) is 0 Å². The Morgan fingerprint density at radius 2 is 1.87 bits per heavy atom. The standard InChI is InChI=1S/C25H29BrO5/c1-14(12-26)20-9-7-17(31-20)6-8-18-15(2)25-19-10-22(27-4)23(28-5)11-21(19)29-13-24(25)30-16(18)3/h6-8,10-12,15,20,24-25H,9,13H2,1-5H3/b8-6-,14-12-/t15?,20-,24?,25+/m1/s1. The fourth-order valence-electron chi connectivity index (χ4n) is 4.63. The first-order valence-corrected chi connectivity index (χ1v) is 11.5. The average molecular weight is 489 g/mol. The monoisotopic (exact) mass is 488 g/mol. The molecule has 6 heteroatoms. The number of benzene rings is 1. The van der Waals surface area contributed by atoms with Crippen molar-refractivity contribution in [2.75, 3.05) is 20.8 Å². The highest BCUT2D eigenvalue weighted by molar-refractivity contribution is 9.11. The van der Waals surface area contributed by atoms with E-state index in [-0.39, 0.29) is 24.0 Å². The molecule has 0 saturated heterocycles. The normalized spacial score (nSPS) is 27.7. The molecule has 0 saturated carbocycles. The van der Waals surface area contributed by atoms with Crippen LogP contribution in [-0.4, -0.2) is 33.0 Å². The number of hydrogen-bond donors (Lipinski definition) is 0. The van der Waals surface area contributed by atoms with Crippen molar-refractivity contribution < 1.29 is 23.7 Å². The van der Waals surface area contributed by atoms with Gasteiger partial charge in [0.2, 0.25) is 0 Å². The highest BCUT2D eigenvalue weighted by Crippen LogP contribution is 2.49. The van der Waals surface area contributed by atoms with E-state index in [0.717, 1.165) is 29.3 Å². The molecule has 0 radical (unpaired) electrons. The van der Waals surface area contributed by atoms with Gasteiger partial charge < -0.3 is 23.7 Å². The SMILES string of the molecule is COc1cc2c(cc1OC)[C@H]1C(CO2)OC(C)=C(/C=C\C2=CC[C@H](/C(C)=C\Br)O2)C1C. The lowest BCUT2D eigenvalue weighted by molar-refractivity contribution is 0.00734. The number of allylic oxidation sites excluding steroid dienone is 4. The maximum atomic E-state index is 6.31. The number of rotatable bonds is 5. The fourth-order valence-corrected chi connectivity index (χ4v) is 4.92. The first-order valence-electron chi connectivity index (χ1n) is 10.5. The third-order valence-corrected chi connectivity index (χ3v) is 7.08. The van der Waals surface area contributed by atoms with Gasteiger partial charge in [-0.1, -0.05) is 28.9 Å². The smallest absolute Gasteiger partial charge is 0.164 e. The van der Waals surface area contributed by atoms with E-state index < -0.39 is 0 Å². The van der Waals surface area contributed by atoms with Crippen molar-refractivity contribution in [3.8, 4) is 17.2 Å². The summed E-state index contributed by atoms with van der Waals surface area (Å²) in [5, 5.41) is 0. The largest absolute Gasteiger partial charge is 0.493 e. The molecular formula is C25H29BrO5. The maximum absolute atomic E-state index is 6.31. The van der Waals surface area contributed by atoms with Crippen LogP contribution in [0.4, 0.5) is 0 Å². The molecular weight excluding hydrogens is 460 g/mol. The molecule has 31 heavy (non-hydrogen) atoms. The fraction of sp³-hybridized carbons (Fsp3) is 0.440. The van der Waals surface area contributed by atoms with Gasteiger partial charge in [-0.15, -0.1) is 0 Å². The van der Waals surface area contributed by atoms with Crippen LogP contribution in [-0.2, 0) is 9.47 Å². The minimum absolute atomic E-state index is 0.0317. The quantitative estimate of drug-likeness (QED) is 0.507. The van der Waals surface area contributed by atoms with Crippen LogP contribution in [0.25, 0.3) is 0 Å². The Labute approximate surface area is 192 Å². The van der Waals surface area contributed by atoms with Gasteiger partial charge >= 0.3 is 0 Å². The van der Waals surface area contributed by atoms with E-state index in [1.54, 1.807) is 14.2 Å². The molecule has 3 aliphatic rings. The van der Waals surface area contributed by atoms with Crippen LogP contribution in [0.15, 0.2) is 58.0 Å². The minimum Gasteiger partial charge on any atom is -0.493 e. The molecule has 1 aromatic carbocycles. The summed E-state index contributed by atoms with van der Waals surface area (Å²) >= 11 is 3.39. The van der Waals surface area contributed by atoms with Gasteiger partial charge in [0, 0.05) is 24.0 Å². The van der Waals surface area contributed by atoms with Crippen molar-refractivity contribution in [2.24, 2.45) is 5.92 Å². The van der Waals surface area contributed by atoms with Crippen LogP contribution in [0.5, 0.6) is 17.2 Å². The predicted molar refractivity (Wildman–Crippen MR) is 124 cm³/mol. The molecule has 4 rings (SSSR count). The molecule has 0 aliphatic carbocycles. The number of ether oxygens (including phenoxy) is 5. The molecule has 166 valence electrons. The van der Waals surface area contributed by atoms with Crippen LogP contribution in [0.1, 0.15) is 38.7 Å². The Kier molecular flexibility index (Phi) is 6.37.